The van der Waals surface area contributed by atoms with Crippen molar-refractivity contribution in [3.8, 4) is 0 Å². The van der Waals surface area contributed by atoms with Crippen molar-refractivity contribution in [2.45, 2.75) is 37.6 Å². The SMILES string of the molecule is CC1=NC2NC(=S)N(C3OC(CO)C(O)C3O)C=C2N1. The zero-order valence-corrected chi connectivity index (χ0v) is 11.5. The van der Waals surface area contributed by atoms with Crippen molar-refractivity contribution < 1.29 is 20.1 Å². The monoisotopic (exact) mass is 300 g/mol. The molecule has 1 saturated heterocycles. The topological polar surface area (TPSA) is 110 Å². The Morgan fingerprint density at radius 1 is 1.45 bits per heavy atom. The molecular formula is C11H16N4O4S. The molecule has 0 aromatic rings. The normalized spacial score (nSPS) is 39.9. The summed E-state index contributed by atoms with van der Waals surface area (Å²) in [4.78, 5) is 5.83. The van der Waals surface area contributed by atoms with Gasteiger partial charge in [-0.1, -0.05) is 0 Å². The highest BCUT2D eigenvalue weighted by Crippen LogP contribution is 2.27. The van der Waals surface area contributed by atoms with Crippen LogP contribution in [0.3, 0.4) is 0 Å². The Balaban J connectivity index is 1.83. The Morgan fingerprint density at radius 3 is 2.85 bits per heavy atom. The molecule has 110 valence electrons. The van der Waals surface area contributed by atoms with Crippen LogP contribution in [-0.2, 0) is 4.74 Å². The Bertz CT molecular complexity index is 497. The van der Waals surface area contributed by atoms with Crippen LogP contribution in [0.4, 0.5) is 0 Å². The maximum absolute atomic E-state index is 10.0. The van der Waals surface area contributed by atoms with Gasteiger partial charge in [0.25, 0.3) is 0 Å². The Labute approximate surface area is 120 Å². The number of aliphatic hydroxyl groups excluding tert-OH is 3. The summed E-state index contributed by atoms with van der Waals surface area (Å²) < 4.78 is 5.46. The number of hydrogen-bond acceptors (Lipinski definition) is 7. The first-order valence-electron chi connectivity index (χ1n) is 6.25. The van der Waals surface area contributed by atoms with Crippen molar-refractivity contribution in [3.63, 3.8) is 0 Å². The van der Waals surface area contributed by atoms with E-state index in [1.54, 1.807) is 6.20 Å². The highest BCUT2D eigenvalue weighted by molar-refractivity contribution is 7.80. The predicted molar refractivity (Wildman–Crippen MR) is 73.4 cm³/mol. The summed E-state index contributed by atoms with van der Waals surface area (Å²) in [6.45, 7) is 1.46. The average Bonchev–Trinajstić information content (AvgIpc) is 2.89. The van der Waals surface area contributed by atoms with E-state index in [1.165, 1.54) is 4.90 Å². The minimum atomic E-state index is -1.16. The quantitative estimate of drug-likeness (QED) is 0.366. The Morgan fingerprint density at radius 2 is 2.20 bits per heavy atom. The van der Waals surface area contributed by atoms with Gasteiger partial charge in [-0.25, -0.2) is 4.99 Å². The molecule has 0 bridgehead atoms. The maximum atomic E-state index is 10.0. The molecule has 9 heteroatoms. The third-order valence-electron chi connectivity index (χ3n) is 3.51. The highest BCUT2D eigenvalue weighted by Gasteiger charge is 2.47. The lowest BCUT2D eigenvalue weighted by Gasteiger charge is -2.34. The van der Waals surface area contributed by atoms with Gasteiger partial charge in [0.1, 0.15) is 24.1 Å². The number of ether oxygens (including phenoxy) is 1. The fourth-order valence-corrected chi connectivity index (χ4v) is 2.75. The van der Waals surface area contributed by atoms with Gasteiger partial charge >= 0.3 is 0 Å². The smallest absolute Gasteiger partial charge is 0.177 e. The zero-order valence-electron chi connectivity index (χ0n) is 10.7. The summed E-state index contributed by atoms with van der Waals surface area (Å²) in [6.07, 6.45) is -2.55. The van der Waals surface area contributed by atoms with Crippen LogP contribution < -0.4 is 10.6 Å². The van der Waals surface area contributed by atoms with Crippen LogP contribution in [0.15, 0.2) is 16.9 Å². The molecule has 3 aliphatic rings. The van der Waals surface area contributed by atoms with Crippen molar-refractivity contribution >= 4 is 23.2 Å². The number of aliphatic hydroxyl groups is 3. The maximum Gasteiger partial charge on any atom is 0.177 e. The summed E-state index contributed by atoms with van der Waals surface area (Å²) >= 11 is 5.23. The van der Waals surface area contributed by atoms with Gasteiger partial charge in [0.2, 0.25) is 0 Å². The van der Waals surface area contributed by atoms with Crippen molar-refractivity contribution in [1.29, 1.82) is 0 Å². The van der Waals surface area contributed by atoms with E-state index in [4.69, 9.17) is 22.1 Å². The van der Waals surface area contributed by atoms with Gasteiger partial charge < -0.3 is 30.7 Å². The lowest BCUT2D eigenvalue weighted by Crippen LogP contribution is -2.54. The van der Waals surface area contributed by atoms with Crippen LogP contribution in [0.1, 0.15) is 6.92 Å². The average molecular weight is 300 g/mol. The number of nitrogens with zero attached hydrogens (tertiary/aromatic N) is 2. The summed E-state index contributed by atoms with van der Waals surface area (Å²) in [5.74, 6) is 0.763. The molecule has 3 rings (SSSR count). The van der Waals surface area contributed by atoms with E-state index in [1.807, 2.05) is 6.92 Å². The second-order valence-electron chi connectivity index (χ2n) is 4.91. The molecule has 5 N–H and O–H groups in total. The molecule has 0 spiro atoms. The molecule has 8 nitrogen and oxygen atoms in total. The second-order valence-corrected chi connectivity index (χ2v) is 5.30. The molecule has 3 heterocycles. The van der Waals surface area contributed by atoms with Crippen molar-refractivity contribution in [3.05, 3.63) is 11.9 Å². The second kappa shape index (κ2) is 4.93. The summed E-state index contributed by atoms with van der Waals surface area (Å²) in [5, 5.41) is 35.4. The third-order valence-corrected chi connectivity index (χ3v) is 3.84. The van der Waals surface area contributed by atoms with Crippen LogP contribution >= 0.6 is 12.2 Å². The molecule has 0 aromatic carbocycles. The van der Waals surface area contributed by atoms with Crippen LogP contribution in [0, 0.1) is 0 Å². The number of rotatable bonds is 2. The van der Waals surface area contributed by atoms with Gasteiger partial charge in [0.15, 0.2) is 17.5 Å². The number of aliphatic imine (C=N–C) groups is 1. The number of fused-ring (bicyclic) bond motifs is 1. The molecule has 0 amide bonds. The van der Waals surface area contributed by atoms with E-state index in [-0.39, 0.29) is 12.8 Å². The first kappa shape index (κ1) is 13.7. The van der Waals surface area contributed by atoms with Crippen LogP contribution in [0.2, 0.25) is 0 Å². The molecule has 3 aliphatic heterocycles. The first-order chi connectivity index (χ1) is 9.51. The lowest BCUT2D eigenvalue weighted by molar-refractivity contribution is -0.0597. The molecule has 20 heavy (non-hydrogen) atoms. The van der Waals surface area contributed by atoms with Crippen molar-refractivity contribution in [2.75, 3.05) is 6.61 Å². The molecule has 0 aromatic heterocycles. The predicted octanol–water partition coefficient (Wildman–Crippen LogP) is -2.20. The number of thiocarbonyl (C=S) groups is 1. The molecule has 1 fully saturated rings. The minimum absolute atomic E-state index is 0.254. The molecule has 0 saturated carbocycles. The number of nitrogens with one attached hydrogen (secondary N) is 2. The fourth-order valence-electron chi connectivity index (χ4n) is 2.48. The summed E-state index contributed by atoms with van der Waals surface area (Å²) in [5.41, 5.74) is 0.786. The van der Waals surface area contributed by atoms with Gasteiger partial charge in [-0.05, 0) is 19.1 Å². The summed E-state index contributed by atoms with van der Waals surface area (Å²) in [6, 6.07) is 0. The molecule has 0 radical (unpaired) electrons. The van der Waals surface area contributed by atoms with Gasteiger partial charge in [0, 0.05) is 6.20 Å². The van der Waals surface area contributed by atoms with E-state index < -0.39 is 24.5 Å². The molecule has 0 aliphatic carbocycles. The van der Waals surface area contributed by atoms with Gasteiger partial charge in [-0.3, -0.25) is 4.90 Å². The van der Waals surface area contributed by atoms with Crippen LogP contribution in [0.25, 0.3) is 0 Å². The highest BCUT2D eigenvalue weighted by atomic mass is 32.1. The standard InChI is InChI=1S/C11H16N4O4S/c1-4-12-5-2-15(11(20)14-9(5)13-4)10-8(18)7(17)6(3-16)19-10/h2,6-10,16-18H,3H2,1H3,(H,12,13)(H,14,20). The van der Waals surface area contributed by atoms with E-state index in [0.717, 1.165) is 11.5 Å². The molecule has 5 unspecified atom stereocenters. The Kier molecular flexibility index (Phi) is 3.38. The largest absolute Gasteiger partial charge is 0.394 e. The van der Waals surface area contributed by atoms with Crippen LogP contribution in [0.5, 0.6) is 0 Å². The van der Waals surface area contributed by atoms with E-state index >= 15 is 0 Å². The van der Waals surface area contributed by atoms with E-state index in [2.05, 4.69) is 15.6 Å². The lowest BCUT2D eigenvalue weighted by atomic mass is 10.1. The molecule has 5 atom stereocenters. The van der Waals surface area contributed by atoms with Gasteiger partial charge in [-0.15, -0.1) is 0 Å². The van der Waals surface area contributed by atoms with E-state index in [0.29, 0.717) is 5.11 Å². The van der Waals surface area contributed by atoms with Gasteiger partial charge in [0.05, 0.1) is 12.3 Å². The minimum Gasteiger partial charge on any atom is -0.394 e. The van der Waals surface area contributed by atoms with Crippen molar-refractivity contribution in [1.82, 2.24) is 15.5 Å². The van der Waals surface area contributed by atoms with Crippen LogP contribution in [-0.4, -0.2) is 68.5 Å². The third kappa shape index (κ3) is 2.07. The van der Waals surface area contributed by atoms with Gasteiger partial charge in [-0.2, -0.15) is 0 Å². The number of hydrogen-bond donors (Lipinski definition) is 5. The summed E-state index contributed by atoms with van der Waals surface area (Å²) in [7, 11) is 0. The molecular weight excluding hydrogens is 284 g/mol. The fraction of sp³-hybridized carbons (Fsp3) is 0.636. The zero-order chi connectivity index (χ0) is 14.4. The number of amidine groups is 1. The first-order valence-corrected chi connectivity index (χ1v) is 6.66. The Hall–Kier alpha value is -1.26. The van der Waals surface area contributed by atoms with E-state index in [9.17, 15) is 10.2 Å². The van der Waals surface area contributed by atoms with Crippen molar-refractivity contribution in [2.24, 2.45) is 4.99 Å².